The third-order valence-electron chi connectivity index (χ3n) is 3.39. The van der Waals surface area contributed by atoms with E-state index < -0.39 is 0 Å². The molecule has 106 valence electrons. The van der Waals surface area contributed by atoms with Crippen LogP contribution in [0.3, 0.4) is 0 Å². The zero-order chi connectivity index (χ0) is 13.7. The minimum Gasteiger partial charge on any atom is -0.490 e. The van der Waals surface area contributed by atoms with Crippen LogP contribution in [0.25, 0.3) is 0 Å². The van der Waals surface area contributed by atoms with Crippen LogP contribution in [-0.4, -0.2) is 38.4 Å². The molecule has 19 heavy (non-hydrogen) atoms. The van der Waals surface area contributed by atoms with Gasteiger partial charge in [0.25, 0.3) is 0 Å². The Morgan fingerprint density at radius 1 is 1.26 bits per heavy atom. The zero-order valence-electron chi connectivity index (χ0n) is 11.7. The molecule has 1 N–H and O–H groups in total. The number of morpholine rings is 1. The Labute approximate surface area is 114 Å². The summed E-state index contributed by atoms with van der Waals surface area (Å²) in [5.74, 6) is 0.0599. The lowest BCUT2D eigenvalue weighted by atomic mass is 10.2. The molecule has 1 aliphatic rings. The molecule has 1 heterocycles. The molecule has 1 fully saturated rings. The molecular formula is C15H23FNO2+. The number of ether oxygens (including phenoxy) is 2. The molecule has 0 unspecified atom stereocenters. The Balaban J connectivity index is 1.68. The molecule has 1 saturated heterocycles. The van der Waals surface area contributed by atoms with Gasteiger partial charge >= 0.3 is 0 Å². The van der Waals surface area contributed by atoms with Crippen molar-refractivity contribution >= 4 is 0 Å². The number of hydrogen-bond acceptors (Lipinski definition) is 2. The van der Waals surface area contributed by atoms with Crippen LogP contribution in [0, 0.1) is 5.82 Å². The van der Waals surface area contributed by atoms with Crippen LogP contribution in [0.1, 0.15) is 20.3 Å². The fraction of sp³-hybridized carbons (Fsp3) is 0.600. The third kappa shape index (κ3) is 4.48. The van der Waals surface area contributed by atoms with E-state index in [-0.39, 0.29) is 5.82 Å². The average molecular weight is 268 g/mol. The predicted octanol–water partition coefficient (Wildman–Crippen LogP) is 1.29. The monoisotopic (exact) mass is 268 g/mol. The van der Waals surface area contributed by atoms with Gasteiger partial charge in [-0.25, -0.2) is 4.39 Å². The number of benzene rings is 1. The van der Waals surface area contributed by atoms with Gasteiger partial charge in [-0.15, -0.1) is 0 Å². The Morgan fingerprint density at radius 2 is 1.95 bits per heavy atom. The Hall–Kier alpha value is -1.13. The first kappa shape index (κ1) is 14.3. The summed E-state index contributed by atoms with van der Waals surface area (Å²) in [6.45, 7) is 7.94. The number of nitrogens with one attached hydrogen (secondary N) is 1. The summed E-state index contributed by atoms with van der Waals surface area (Å²) in [5.41, 5.74) is 0. The first-order chi connectivity index (χ1) is 9.15. The maximum absolute atomic E-state index is 13.3. The molecule has 0 spiro atoms. The lowest BCUT2D eigenvalue weighted by molar-refractivity contribution is -0.915. The summed E-state index contributed by atoms with van der Waals surface area (Å²) in [5, 5.41) is 0. The van der Waals surface area contributed by atoms with Crippen molar-refractivity contribution in [3.8, 4) is 5.75 Å². The number of hydrogen-bond donors (Lipinski definition) is 1. The van der Waals surface area contributed by atoms with E-state index in [0.29, 0.717) is 24.6 Å². The molecule has 0 amide bonds. The first-order valence-electron chi connectivity index (χ1n) is 7.01. The minimum absolute atomic E-state index is 0.288. The van der Waals surface area contributed by atoms with Crippen LogP contribution in [0.15, 0.2) is 24.3 Å². The molecule has 0 aromatic heterocycles. The zero-order valence-corrected chi connectivity index (χ0v) is 11.7. The van der Waals surface area contributed by atoms with Crippen molar-refractivity contribution in [3.05, 3.63) is 30.1 Å². The van der Waals surface area contributed by atoms with E-state index in [0.717, 1.165) is 26.1 Å². The Morgan fingerprint density at radius 3 is 2.63 bits per heavy atom. The first-order valence-corrected chi connectivity index (χ1v) is 7.01. The maximum Gasteiger partial charge on any atom is 0.165 e. The lowest BCUT2D eigenvalue weighted by Gasteiger charge is -2.32. The quantitative estimate of drug-likeness (QED) is 0.813. The molecule has 0 radical (unpaired) electrons. The molecule has 2 atom stereocenters. The topological polar surface area (TPSA) is 22.9 Å². The van der Waals surface area contributed by atoms with Crippen LogP contribution in [0.5, 0.6) is 5.75 Å². The van der Waals surface area contributed by atoms with Gasteiger partial charge in [0.2, 0.25) is 0 Å². The molecular weight excluding hydrogens is 245 g/mol. The van der Waals surface area contributed by atoms with E-state index in [4.69, 9.17) is 9.47 Å². The lowest BCUT2D eigenvalue weighted by Crippen LogP contribution is -3.15. The smallest absolute Gasteiger partial charge is 0.165 e. The summed E-state index contributed by atoms with van der Waals surface area (Å²) in [6, 6.07) is 6.55. The van der Waals surface area contributed by atoms with E-state index in [1.807, 2.05) is 0 Å². The Kier molecular flexibility index (Phi) is 5.16. The molecule has 1 aromatic rings. The third-order valence-corrected chi connectivity index (χ3v) is 3.39. The van der Waals surface area contributed by atoms with Gasteiger partial charge in [-0.2, -0.15) is 0 Å². The fourth-order valence-electron chi connectivity index (χ4n) is 2.66. The highest BCUT2D eigenvalue weighted by Crippen LogP contribution is 2.15. The van der Waals surface area contributed by atoms with Gasteiger partial charge in [0.1, 0.15) is 25.3 Å². The van der Waals surface area contributed by atoms with Crippen molar-refractivity contribution in [1.82, 2.24) is 0 Å². The summed E-state index contributed by atoms with van der Waals surface area (Å²) in [4.78, 5) is 1.54. The second-order valence-electron chi connectivity index (χ2n) is 5.30. The maximum atomic E-state index is 13.3. The van der Waals surface area contributed by atoms with Crippen molar-refractivity contribution in [1.29, 1.82) is 0 Å². The van der Waals surface area contributed by atoms with Gasteiger partial charge in [0.15, 0.2) is 11.6 Å². The van der Waals surface area contributed by atoms with Crippen LogP contribution in [0.4, 0.5) is 4.39 Å². The standard InChI is InChI=1S/C15H22FNO2/c1-12-10-17(11-13(2)19-12)8-5-9-18-15-7-4-3-6-14(15)16/h3-4,6-7,12-13H,5,8-11H2,1-2H3/p+1/t12-,13-/m1/s1. The van der Waals surface area contributed by atoms with Crippen molar-refractivity contribution in [2.24, 2.45) is 0 Å². The van der Waals surface area contributed by atoms with Gasteiger partial charge in [-0.1, -0.05) is 12.1 Å². The SMILES string of the molecule is C[C@@H]1C[NH+](CCCOc2ccccc2F)C[C@@H](C)O1. The average Bonchev–Trinajstić information content (AvgIpc) is 2.35. The van der Waals surface area contributed by atoms with Crippen LogP contribution >= 0.6 is 0 Å². The largest absolute Gasteiger partial charge is 0.490 e. The highest BCUT2D eigenvalue weighted by molar-refractivity contribution is 5.23. The predicted molar refractivity (Wildman–Crippen MR) is 72.1 cm³/mol. The molecule has 0 saturated carbocycles. The van der Waals surface area contributed by atoms with Crippen molar-refractivity contribution < 1.29 is 18.8 Å². The Bertz CT molecular complexity index is 389. The highest BCUT2D eigenvalue weighted by Gasteiger charge is 2.24. The van der Waals surface area contributed by atoms with E-state index in [2.05, 4.69) is 13.8 Å². The fourth-order valence-corrected chi connectivity index (χ4v) is 2.66. The van der Waals surface area contributed by atoms with E-state index >= 15 is 0 Å². The molecule has 2 rings (SSSR count). The van der Waals surface area contributed by atoms with Gasteiger partial charge in [0, 0.05) is 6.42 Å². The summed E-state index contributed by atoms with van der Waals surface area (Å²) in [7, 11) is 0. The second-order valence-corrected chi connectivity index (χ2v) is 5.30. The number of quaternary nitrogens is 1. The minimum atomic E-state index is -0.288. The highest BCUT2D eigenvalue weighted by atomic mass is 19.1. The summed E-state index contributed by atoms with van der Waals surface area (Å²) in [6.07, 6.45) is 1.58. The summed E-state index contributed by atoms with van der Waals surface area (Å²) >= 11 is 0. The van der Waals surface area contributed by atoms with Crippen molar-refractivity contribution in [3.63, 3.8) is 0 Å². The van der Waals surface area contributed by atoms with Gasteiger partial charge in [-0.05, 0) is 26.0 Å². The van der Waals surface area contributed by atoms with Crippen LogP contribution < -0.4 is 9.64 Å². The molecule has 4 heteroatoms. The van der Waals surface area contributed by atoms with Gasteiger partial charge < -0.3 is 14.4 Å². The summed E-state index contributed by atoms with van der Waals surface area (Å²) < 4.78 is 24.5. The second kappa shape index (κ2) is 6.87. The van der Waals surface area contributed by atoms with Gasteiger partial charge in [0.05, 0.1) is 13.2 Å². The number of halogens is 1. The molecule has 1 aliphatic heterocycles. The number of rotatable bonds is 5. The normalized spacial score (nSPS) is 27.2. The molecule has 0 bridgehead atoms. The van der Waals surface area contributed by atoms with Crippen molar-refractivity contribution in [2.75, 3.05) is 26.2 Å². The van der Waals surface area contributed by atoms with Crippen molar-refractivity contribution in [2.45, 2.75) is 32.5 Å². The van der Waals surface area contributed by atoms with Crippen LogP contribution in [-0.2, 0) is 4.74 Å². The van der Waals surface area contributed by atoms with Gasteiger partial charge in [-0.3, -0.25) is 0 Å². The molecule has 3 nitrogen and oxygen atoms in total. The molecule has 0 aliphatic carbocycles. The van der Waals surface area contributed by atoms with E-state index in [1.54, 1.807) is 23.1 Å². The number of para-hydroxylation sites is 1. The molecule has 1 aromatic carbocycles. The van der Waals surface area contributed by atoms with E-state index in [1.165, 1.54) is 6.07 Å². The van der Waals surface area contributed by atoms with E-state index in [9.17, 15) is 4.39 Å². The van der Waals surface area contributed by atoms with Crippen LogP contribution in [0.2, 0.25) is 0 Å².